The van der Waals surface area contributed by atoms with E-state index in [1.807, 2.05) is 13.8 Å². The lowest BCUT2D eigenvalue weighted by molar-refractivity contribution is 0.253. The van der Waals surface area contributed by atoms with Crippen molar-refractivity contribution in [1.82, 2.24) is 0 Å². The Morgan fingerprint density at radius 2 is 1.31 bits per heavy atom. The SMILES string of the molecule is CCCO[P+](=O)O[P+](=O)OCCC. The van der Waals surface area contributed by atoms with E-state index in [-0.39, 0.29) is 0 Å². The fourth-order valence-corrected chi connectivity index (χ4v) is 1.91. The predicted molar refractivity (Wildman–Crippen MR) is 48.8 cm³/mol. The number of rotatable bonds is 8. The molecule has 76 valence electrons. The Kier molecular flexibility index (Phi) is 8.72. The Hall–Kier alpha value is 0.0800. The van der Waals surface area contributed by atoms with Gasteiger partial charge in [-0.3, -0.25) is 0 Å². The molecule has 0 heterocycles. The highest BCUT2D eigenvalue weighted by Crippen LogP contribution is 2.39. The van der Waals surface area contributed by atoms with Crippen molar-refractivity contribution in [2.75, 3.05) is 13.2 Å². The van der Waals surface area contributed by atoms with E-state index in [2.05, 4.69) is 13.4 Å². The van der Waals surface area contributed by atoms with Gasteiger partial charge in [0.05, 0.1) is 0 Å². The molecule has 13 heavy (non-hydrogen) atoms. The molecule has 5 nitrogen and oxygen atoms in total. The average Bonchev–Trinajstić information content (AvgIpc) is 2.11. The van der Waals surface area contributed by atoms with Gasteiger partial charge in [0.25, 0.3) is 0 Å². The minimum Gasteiger partial charge on any atom is -0.116 e. The van der Waals surface area contributed by atoms with Crippen molar-refractivity contribution in [1.29, 1.82) is 0 Å². The largest absolute Gasteiger partial charge is 0.747 e. The second kappa shape index (κ2) is 8.67. The monoisotopic (exact) mass is 228 g/mol. The fraction of sp³-hybridized carbons (Fsp3) is 1.00. The molecule has 0 N–H and O–H groups in total. The Labute approximate surface area is 79.7 Å². The molecular formula is C6H14O5P2+2. The first-order valence-corrected chi connectivity index (χ1v) is 6.28. The second-order valence-corrected chi connectivity index (χ2v) is 4.26. The Morgan fingerprint density at radius 1 is 0.923 bits per heavy atom. The highest BCUT2D eigenvalue weighted by atomic mass is 31.2. The predicted octanol–water partition coefficient (Wildman–Crippen LogP) is 3.17. The minimum atomic E-state index is -2.30. The molecule has 0 saturated carbocycles. The molecule has 0 amide bonds. The molecule has 0 fully saturated rings. The molecule has 0 aliphatic carbocycles. The lowest BCUT2D eigenvalue weighted by atomic mass is 10.5. The van der Waals surface area contributed by atoms with Crippen molar-refractivity contribution in [2.45, 2.75) is 26.7 Å². The van der Waals surface area contributed by atoms with Crippen LogP contribution in [0.1, 0.15) is 26.7 Å². The molecule has 0 aromatic rings. The van der Waals surface area contributed by atoms with Crippen LogP contribution in [0.2, 0.25) is 0 Å². The van der Waals surface area contributed by atoms with Crippen molar-refractivity contribution < 1.29 is 22.5 Å². The average molecular weight is 228 g/mol. The van der Waals surface area contributed by atoms with E-state index < -0.39 is 16.5 Å². The van der Waals surface area contributed by atoms with E-state index in [1.54, 1.807) is 0 Å². The van der Waals surface area contributed by atoms with Gasteiger partial charge >= 0.3 is 16.5 Å². The summed E-state index contributed by atoms with van der Waals surface area (Å²) >= 11 is 0. The maximum Gasteiger partial charge on any atom is 0.747 e. The molecule has 0 rings (SSSR count). The topological polar surface area (TPSA) is 61.8 Å². The van der Waals surface area contributed by atoms with Crippen LogP contribution in [-0.2, 0) is 22.5 Å². The molecule has 2 atom stereocenters. The quantitative estimate of drug-likeness (QED) is 0.597. The summed E-state index contributed by atoms with van der Waals surface area (Å²) in [6, 6.07) is 0. The summed E-state index contributed by atoms with van der Waals surface area (Å²) in [7, 11) is -4.60. The number of hydrogen-bond donors (Lipinski definition) is 0. The van der Waals surface area contributed by atoms with E-state index >= 15 is 0 Å². The van der Waals surface area contributed by atoms with Crippen LogP contribution in [0.4, 0.5) is 0 Å². The van der Waals surface area contributed by atoms with Crippen molar-refractivity contribution in [3.8, 4) is 0 Å². The molecule has 0 spiro atoms. The van der Waals surface area contributed by atoms with E-state index in [1.165, 1.54) is 0 Å². The van der Waals surface area contributed by atoms with Gasteiger partial charge < -0.3 is 0 Å². The zero-order valence-corrected chi connectivity index (χ0v) is 9.55. The Bertz CT molecular complexity index is 154. The first kappa shape index (κ1) is 13.1. The molecule has 0 aliphatic heterocycles. The standard InChI is InChI=1S/C6H14O5P2/c1-3-5-9-12(7)11-13(8)10-6-4-2/h3-6H2,1-2H3/q+2. The summed E-state index contributed by atoms with van der Waals surface area (Å²) in [5.74, 6) is 0. The van der Waals surface area contributed by atoms with Gasteiger partial charge in [-0.1, -0.05) is 13.8 Å². The Balaban J connectivity index is 3.47. The van der Waals surface area contributed by atoms with E-state index in [0.29, 0.717) is 13.2 Å². The van der Waals surface area contributed by atoms with E-state index in [9.17, 15) is 9.13 Å². The van der Waals surface area contributed by atoms with Gasteiger partial charge in [0.15, 0.2) is 4.31 Å². The maximum atomic E-state index is 10.8. The van der Waals surface area contributed by atoms with Crippen molar-refractivity contribution in [3.05, 3.63) is 0 Å². The smallest absolute Gasteiger partial charge is 0.116 e. The second-order valence-electron chi connectivity index (χ2n) is 2.20. The zero-order chi connectivity index (χ0) is 10.1. The zero-order valence-electron chi connectivity index (χ0n) is 7.76. The van der Waals surface area contributed by atoms with E-state index in [0.717, 1.165) is 12.8 Å². The maximum absolute atomic E-state index is 10.8. The molecule has 7 heteroatoms. The Morgan fingerprint density at radius 3 is 1.62 bits per heavy atom. The highest BCUT2D eigenvalue weighted by molar-refractivity contribution is 7.47. The third-order valence-electron chi connectivity index (χ3n) is 0.935. The summed E-state index contributed by atoms with van der Waals surface area (Å²) in [4.78, 5) is 0. The minimum absolute atomic E-state index is 0.326. The van der Waals surface area contributed by atoms with Crippen molar-refractivity contribution >= 4 is 16.5 Å². The third kappa shape index (κ3) is 8.41. The first-order chi connectivity index (χ1) is 6.20. The van der Waals surface area contributed by atoms with Gasteiger partial charge in [-0.25, -0.2) is 0 Å². The van der Waals surface area contributed by atoms with E-state index in [4.69, 9.17) is 0 Å². The summed E-state index contributed by atoms with van der Waals surface area (Å²) in [5.41, 5.74) is 0. The molecule has 0 aromatic carbocycles. The molecule has 0 aromatic heterocycles. The third-order valence-corrected chi connectivity index (χ3v) is 2.79. The normalized spacial score (nSPS) is 12.8. The van der Waals surface area contributed by atoms with Crippen LogP contribution in [0.15, 0.2) is 0 Å². The molecule has 0 bridgehead atoms. The lowest BCUT2D eigenvalue weighted by Crippen LogP contribution is -1.85. The molecule has 0 aliphatic rings. The summed E-state index contributed by atoms with van der Waals surface area (Å²) in [5, 5.41) is 0. The molecule has 2 unspecified atom stereocenters. The lowest BCUT2D eigenvalue weighted by Gasteiger charge is -1.81. The van der Waals surface area contributed by atoms with Crippen LogP contribution < -0.4 is 0 Å². The van der Waals surface area contributed by atoms with Gasteiger partial charge in [-0.05, 0) is 12.8 Å². The molecular weight excluding hydrogens is 214 g/mol. The van der Waals surface area contributed by atoms with Gasteiger partial charge in [0.2, 0.25) is 0 Å². The molecule has 0 radical (unpaired) electrons. The van der Waals surface area contributed by atoms with Crippen molar-refractivity contribution in [2.24, 2.45) is 0 Å². The molecule has 0 saturated heterocycles. The van der Waals surface area contributed by atoms with Gasteiger partial charge in [0, 0.05) is 9.13 Å². The number of hydrogen-bond acceptors (Lipinski definition) is 5. The fourth-order valence-electron chi connectivity index (χ4n) is 0.433. The van der Waals surface area contributed by atoms with Crippen LogP contribution in [0, 0.1) is 0 Å². The summed E-state index contributed by atoms with van der Waals surface area (Å²) < 4.78 is 35.4. The van der Waals surface area contributed by atoms with Gasteiger partial charge in [-0.15, -0.1) is 9.05 Å². The van der Waals surface area contributed by atoms with Crippen LogP contribution in [0.3, 0.4) is 0 Å². The van der Waals surface area contributed by atoms with Crippen LogP contribution in [0.5, 0.6) is 0 Å². The summed E-state index contributed by atoms with van der Waals surface area (Å²) in [6.45, 7) is 4.39. The highest BCUT2D eigenvalue weighted by Gasteiger charge is 2.39. The van der Waals surface area contributed by atoms with Gasteiger partial charge in [-0.2, -0.15) is 0 Å². The van der Waals surface area contributed by atoms with Gasteiger partial charge in [0.1, 0.15) is 13.2 Å². The van der Waals surface area contributed by atoms with Crippen LogP contribution in [0.25, 0.3) is 0 Å². The van der Waals surface area contributed by atoms with Crippen LogP contribution in [-0.4, -0.2) is 13.2 Å². The van der Waals surface area contributed by atoms with Crippen molar-refractivity contribution in [3.63, 3.8) is 0 Å². The summed E-state index contributed by atoms with van der Waals surface area (Å²) in [6.07, 6.45) is 1.47. The van der Waals surface area contributed by atoms with Crippen LogP contribution >= 0.6 is 16.5 Å². The first-order valence-electron chi connectivity index (χ1n) is 4.09.